The molecule has 4 nitrogen and oxygen atoms in total. The van der Waals surface area contributed by atoms with E-state index in [4.69, 9.17) is 5.73 Å². The number of benzene rings is 1. The van der Waals surface area contributed by atoms with Crippen molar-refractivity contribution in [3.8, 4) is 0 Å². The van der Waals surface area contributed by atoms with Gasteiger partial charge in [0.1, 0.15) is 0 Å². The molecule has 0 amide bonds. The van der Waals surface area contributed by atoms with Crippen LogP contribution >= 0.6 is 15.9 Å². The molecule has 1 heterocycles. The van der Waals surface area contributed by atoms with Gasteiger partial charge in [0.15, 0.2) is 0 Å². The fourth-order valence-corrected chi connectivity index (χ4v) is 3.78. The highest BCUT2D eigenvalue weighted by molar-refractivity contribution is 9.10. The summed E-state index contributed by atoms with van der Waals surface area (Å²) in [5, 5.41) is 7.27. The maximum atomic E-state index is 6.06. The number of nitrogens with zero attached hydrogens (tertiary/aromatic N) is 1. The van der Waals surface area contributed by atoms with Gasteiger partial charge in [-0.2, -0.15) is 0 Å². The third kappa shape index (κ3) is 4.67. The predicted octanol–water partition coefficient (Wildman–Crippen LogP) is 4.08. The second kappa shape index (κ2) is 9.33. The summed E-state index contributed by atoms with van der Waals surface area (Å²) in [6, 6.07) is 7.06. The minimum atomic E-state index is 0.225. The predicted molar refractivity (Wildman–Crippen MR) is 109 cm³/mol. The van der Waals surface area contributed by atoms with Gasteiger partial charge in [0.2, 0.25) is 0 Å². The number of para-hydroxylation sites is 1. The summed E-state index contributed by atoms with van der Waals surface area (Å²) in [4.78, 5) is 2.29. The third-order valence-corrected chi connectivity index (χ3v) is 5.30. The molecule has 1 aliphatic rings. The number of hydrogen-bond acceptors (Lipinski definition) is 4. The first-order valence-corrected chi connectivity index (χ1v) is 9.81. The van der Waals surface area contributed by atoms with Gasteiger partial charge in [0.05, 0.1) is 17.4 Å². The Morgan fingerprint density at radius 3 is 2.75 bits per heavy atom. The highest BCUT2D eigenvalue weighted by Crippen LogP contribution is 2.37. The second-order valence-corrected chi connectivity index (χ2v) is 7.43. The summed E-state index contributed by atoms with van der Waals surface area (Å²) in [6.07, 6.45) is 6.97. The lowest BCUT2D eigenvalue weighted by Crippen LogP contribution is -2.43. The number of anilines is 2. The van der Waals surface area contributed by atoms with Gasteiger partial charge in [-0.05, 0) is 52.7 Å². The van der Waals surface area contributed by atoms with Crippen LogP contribution in [0.3, 0.4) is 0 Å². The van der Waals surface area contributed by atoms with Crippen LogP contribution in [-0.4, -0.2) is 32.2 Å². The Balaban J connectivity index is 2.13. The van der Waals surface area contributed by atoms with Crippen LogP contribution in [0, 0.1) is 0 Å². The van der Waals surface area contributed by atoms with E-state index >= 15 is 0 Å². The van der Waals surface area contributed by atoms with E-state index in [-0.39, 0.29) is 6.04 Å². The monoisotopic (exact) mass is 394 g/mol. The van der Waals surface area contributed by atoms with E-state index in [1.54, 1.807) is 0 Å². The van der Waals surface area contributed by atoms with E-state index in [2.05, 4.69) is 76.8 Å². The number of likely N-dealkylation sites (N-methyl/N-ethyl adjacent to an activating group) is 1. The first-order chi connectivity index (χ1) is 11.6. The molecule has 0 aromatic heterocycles. The molecular formula is C19H31BrN4. The average Bonchev–Trinajstić information content (AvgIpc) is 2.57. The summed E-state index contributed by atoms with van der Waals surface area (Å²) >= 11 is 3.66. The van der Waals surface area contributed by atoms with E-state index in [9.17, 15) is 0 Å². The highest BCUT2D eigenvalue weighted by atomic mass is 79.9. The Labute approximate surface area is 155 Å². The van der Waals surface area contributed by atoms with Crippen LogP contribution in [0.2, 0.25) is 0 Å². The van der Waals surface area contributed by atoms with Crippen molar-refractivity contribution in [2.45, 2.75) is 51.6 Å². The Morgan fingerprint density at radius 1 is 1.42 bits per heavy atom. The molecule has 134 valence electrons. The van der Waals surface area contributed by atoms with Crippen LogP contribution in [0.5, 0.6) is 0 Å². The van der Waals surface area contributed by atoms with Gasteiger partial charge in [0.25, 0.3) is 0 Å². The van der Waals surface area contributed by atoms with Crippen LogP contribution in [0.25, 0.3) is 0 Å². The van der Waals surface area contributed by atoms with Crippen molar-refractivity contribution in [1.82, 2.24) is 5.32 Å². The molecule has 1 atom stereocenters. The van der Waals surface area contributed by atoms with Gasteiger partial charge in [-0.25, -0.2) is 0 Å². The molecule has 24 heavy (non-hydrogen) atoms. The quantitative estimate of drug-likeness (QED) is 0.621. The topological polar surface area (TPSA) is 53.3 Å². The Hall–Kier alpha value is -1.20. The lowest BCUT2D eigenvalue weighted by atomic mass is 10.0. The van der Waals surface area contributed by atoms with E-state index in [0.717, 1.165) is 16.7 Å². The standard InChI is InChI=1S/C19H31BrN4/c1-4-7-15(8-5-2)22-12-14(11-21)17-13-24(3)18-10-6-9-16(20)19(18)23-17/h6,9-10,12,15,17,22-23H,4-5,7-8,11,13,21H2,1-3H3/b14-12+. The summed E-state index contributed by atoms with van der Waals surface area (Å²) in [5.41, 5.74) is 9.65. The van der Waals surface area contributed by atoms with Crippen molar-refractivity contribution in [3.63, 3.8) is 0 Å². The fourth-order valence-electron chi connectivity index (χ4n) is 3.31. The van der Waals surface area contributed by atoms with Crippen molar-refractivity contribution >= 4 is 27.3 Å². The smallest absolute Gasteiger partial charge is 0.0727 e. The molecule has 0 aliphatic carbocycles. The number of fused-ring (bicyclic) bond motifs is 1. The molecule has 0 spiro atoms. The molecule has 0 bridgehead atoms. The molecule has 1 aromatic carbocycles. The summed E-state index contributed by atoms with van der Waals surface area (Å²) in [5.74, 6) is 0. The van der Waals surface area contributed by atoms with Crippen LogP contribution in [0.1, 0.15) is 39.5 Å². The van der Waals surface area contributed by atoms with E-state index < -0.39 is 0 Å². The first-order valence-electron chi connectivity index (χ1n) is 9.01. The van der Waals surface area contributed by atoms with Gasteiger partial charge < -0.3 is 21.3 Å². The second-order valence-electron chi connectivity index (χ2n) is 6.58. The van der Waals surface area contributed by atoms with Crippen molar-refractivity contribution in [3.05, 3.63) is 34.4 Å². The molecule has 2 rings (SSSR count). The molecule has 1 aromatic rings. The molecule has 1 unspecified atom stereocenters. The number of hydrogen-bond donors (Lipinski definition) is 3. The molecular weight excluding hydrogens is 364 g/mol. The zero-order chi connectivity index (χ0) is 17.5. The summed E-state index contributed by atoms with van der Waals surface area (Å²) < 4.78 is 1.09. The number of nitrogens with one attached hydrogen (secondary N) is 2. The maximum absolute atomic E-state index is 6.06. The molecule has 5 heteroatoms. The molecule has 4 N–H and O–H groups in total. The Morgan fingerprint density at radius 2 is 2.12 bits per heavy atom. The van der Waals surface area contributed by atoms with Gasteiger partial charge in [-0.1, -0.05) is 32.8 Å². The van der Waals surface area contributed by atoms with Crippen LogP contribution in [-0.2, 0) is 0 Å². The van der Waals surface area contributed by atoms with Gasteiger partial charge >= 0.3 is 0 Å². The lowest BCUT2D eigenvalue weighted by Gasteiger charge is -2.36. The number of rotatable bonds is 8. The largest absolute Gasteiger partial charge is 0.388 e. The molecule has 0 radical (unpaired) electrons. The SMILES string of the molecule is CCCC(CCC)N/C=C(\CN)C1CN(C)c2cccc(Br)c2N1. The minimum absolute atomic E-state index is 0.225. The zero-order valence-corrected chi connectivity index (χ0v) is 16.7. The van der Waals surface area contributed by atoms with Crippen LogP contribution in [0.4, 0.5) is 11.4 Å². The molecule has 0 saturated heterocycles. The first kappa shape index (κ1) is 19.1. The zero-order valence-electron chi connectivity index (χ0n) is 15.1. The third-order valence-electron chi connectivity index (χ3n) is 4.64. The minimum Gasteiger partial charge on any atom is -0.388 e. The average molecular weight is 395 g/mol. The van der Waals surface area contributed by atoms with Crippen molar-refractivity contribution in [2.75, 3.05) is 30.4 Å². The van der Waals surface area contributed by atoms with Crippen molar-refractivity contribution in [2.24, 2.45) is 5.73 Å². The van der Waals surface area contributed by atoms with E-state index in [1.807, 2.05) is 0 Å². The normalized spacial score (nSPS) is 17.7. The number of nitrogens with two attached hydrogens (primary N) is 1. The van der Waals surface area contributed by atoms with Gasteiger partial charge in [0, 0.05) is 30.7 Å². The van der Waals surface area contributed by atoms with E-state index in [0.29, 0.717) is 12.6 Å². The van der Waals surface area contributed by atoms with Gasteiger partial charge in [-0.3, -0.25) is 0 Å². The summed E-state index contributed by atoms with van der Waals surface area (Å²) in [7, 11) is 2.14. The molecule has 1 aliphatic heterocycles. The lowest BCUT2D eigenvalue weighted by molar-refractivity contribution is 0.492. The molecule has 0 saturated carbocycles. The van der Waals surface area contributed by atoms with Crippen LogP contribution < -0.4 is 21.3 Å². The summed E-state index contributed by atoms with van der Waals surface area (Å²) in [6.45, 7) is 5.96. The Kier molecular flexibility index (Phi) is 7.43. The Bertz CT molecular complexity index is 552. The molecule has 0 fully saturated rings. The highest BCUT2D eigenvalue weighted by Gasteiger charge is 2.25. The van der Waals surface area contributed by atoms with Crippen molar-refractivity contribution in [1.29, 1.82) is 0 Å². The number of halogens is 1. The van der Waals surface area contributed by atoms with Gasteiger partial charge in [-0.15, -0.1) is 0 Å². The van der Waals surface area contributed by atoms with Crippen molar-refractivity contribution < 1.29 is 0 Å². The maximum Gasteiger partial charge on any atom is 0.0727 e. The fraction of sp³-hybridized carbons (Fsp3) is 0.579. The van der Waals surface area contributed by atoms with E-state index in [1.165, 1.54) is 36.9 Å². The van der Waals surface area contributed by atoms with Crippen LogP contribution in [0.15, 0.2) is 34.4 Å².